The molecule has 3 aromatic carbocycles. The van der Waals surface area contributed by atoms with Gasteiger partial charge in [-0.2, -0.15) is 0 Å². The number of rotatable bonds is 8. The van der Waals surface area contributed by atoms with Gasteiger partial charge < -0.3 is 14.8 Å². The first kappa shape index (κ1) is 23.7. The Balaban J connectivity index is 1.78. The van der Waals surface area contributed by atoms with Crippen molar-refractivity contribution in [1.29, 1.82) is 0 Å². The largest absolute Gasteiger partial charge is 0.493 e. The summed E-state index contributed by atoms with van der Waals surface area (Å²) in [7, 11) is 6.74. The predicted molar refractivity (Wildman–Crippen MR) is 144 cm³/mol. The Hall–Kier alpha value is -4.45. The van der Waals surface area contributed by atoms with Gasteiger partial charge in [0.05, 0.1) is 32.0 Å². The van der Waals surface area contributed by atoms with E-state index in [0.717, 1.165) is 44.8 Å². The second-order valence-corrected chi connectivity index (χ2v) is 7.77. The highest BCUT2D eigenvalue weighted by Crippen LogP contribution is 2.35. The number of nitrogens with zero attached hydrogens (tertiary/aromatic N) is 3. The molecule has 0 aliphatic heterocycles. The second kappa shape index (κ2) is 11.1. The molecule has 0 radical (unpaired) electrons. The van der Waals surface area contributed by atoms with E-state index in [1.54, 1.807) is 34.7 Å². The summed E-state index contributed by atoms with van der Waals surface area (Å²) in [6, 6.07) is 24.5. The van der Waals surface area contributed by atoms with Crippen LogP contribution < -0.4 is 14.8 Å². The third-order valence-electron chi connectivity index (χ3n) is 5.67. The fourth-order valence-electron chi connectivity index (χ4n) is 3.97. The van der Waals surface area contributed by atoms with Gasteiger partial charge in [-0.3, -0.25) is 15.0 Å². The molecule has 0 saturated heterocycles. The Labute approximate surface area is 206 Å². The number of benzene rings is 3. The van der Waals surface area contributed by atoms with Crippen LogP contribution in [0.1, 0.15) is 11.1 Å². The van der Waals surface area contributed by atoms with Crippen LogP contribution in [0.5, 0.6) is 11.5 Å². The molecule has 1 aromatic heterocycles. The van der Waals surface area contributed by atoms with E-state index in [0.29, 0.717) is 11.5 Å². The first-order valence-electron chi connectivity index (χ1n) is 11.2. The Morgan fingerprint density at radius 1 is 0.771 bits per heavy atom. The van der Waals surface area contributed by atoms with Crippen molar-refractivity contribution in [3.63, 3.8) is 0 Å². The highest BCUT2D eigenvalue weighted by atomic mass is 16.5. The molecule has 6 nitrogen and oxygen atoms in total. The molecule has 0 bridgehead atoms. The molecule has 1 N–H and O–H groups in total. The SMILES string of the molecule is CN=CNc1cc(OC)c(OC)cc1C(=NC)c1cccc(-c2cncc(-c3ccccc3)c2)c1. The van der Waals surface area contributed by atoms with E-state index in [2.05, 4.69) is 56.7 Å². The number of aromatic nitrogens is 1. The van der Waals surface area contributed by atoms with E-state index in [4.69, 9.17) is 9.47 Å². The maximum absolute atomic E-state index is 5.57. The van der Waals surface area contributed by atoms with Crippen LogP contribution in [-0.4, -0.2) is 45.3 Å². The molecule has 0 aliphatic rings. The molecule has 0 atom stereocenters. The van der Waals surface area contributed by atoms with Crippen LogP contribution in [0.2, 0.25) is 0 Å². The predicted octanol–water partition coefficient (Wildman–Crippen LogP) is 5.97. The lowest BCUT2D eigenvalue weighted by molar-refractivity contribution is 0.355. The quantitative estimate of drug-likeness (QED) is 0.258. The summed E-state index contributed by atoms with van der Waals surface area (Å²) in [4.78, 5) is 13.2. The van der Waals surface area contributed by atoms with Crippen molar-refractivity contribution >= 4 is 17.7 Å². The summed E-state index contributed by atoms with van der Waals surface area (Å²) in [6.45, 7) is 0. The highest BCUT2D eigenvalue weighted by Gasteiger charge is 2.17. The maximum Gasteiger partial charge on any atom is 0.162 e. The lowest BCUT2D eigenvalue weighted by Crippen LogP contribution is -2.09. The van der Waals surface area contributed by atoms with Crippen LogP contribution in [0.4, 0.5) is 5.69 Å². The minimum atomic E-state index is 0.622. The zero-order chi connectivity index (χ0) is 24.6. The third kappa shape index (κ3) is 5.22. The highest BCUT2D eigenvalue weighted by molar-refractivity contribution is 6.17. The van der Waals surface area contributed by atoms with E-state index < -0.39 is 0 Å². The van der Waals surface area contributed by atoms with Gasteiger partial charge in [0, 0.05) is 54.8 Å². The topological polar surface area (TPSA) is 68.1 Å². The van der Waals surface area contributed by atoms with Gasteiger partial charge >= 0.3 is 0 Å². The maximum atomic E-state index is 5.57. The molecule has 0 spiro atoms. The summed E-state index contributed by atoms with van der Waals surface area (Å²) in [5.74, 6) is 1.25. The van der Waals surface area contributed by atoms with Gasteiger partial charge in [-0.15, -0.1) is 0 Å². The van der Waals surface area contributed by atoms with Gasteiger partial charge in [0.25, 0.3) is 0 Å². The molecule has 35 heavy (non-hydrogen) atoms. The molecular weight excluding hydrogens is 436 g/mol. The molecular formula is C29H28N4O2. The molecule has 6 heteroatoms. The average molecular weight is 465 g/mol. The van der Waals surface area contributed by atoms with Gasteiger partial charge in [-0.1, -0.05) is 48.5 Å². The molecule has 176 valence electrons. The van der Waals surface area contributed by atoms with E-state index in [-0.39, 0.29) is 0 Å². The first-order valence-corrected chi connectivity index (χ1v) is 11.2. The van der Waals surface area contributed by atoms with Crippen molar-refractivity contribution < 1.29 is 9.47 Å². The smallest absolute Gasteiger partial charge is 0.162 e. The van der Waals surface area contributed by atoms with Crippen molar-refractivity contribution in [2.45, 2.75) is 0 Å². The Bertz CT molecular complexity index is 1360. The lowest BCUT2D eigenvalue weighted by Gasteiger charge is -2.17. The van der Waals surface area contributed by atoms with Crippen molar-refractivity contribution in [2.24, 2.45) is 9.98 Å². The van der Waals surface area contributed by atoms with Crippen LogP contribution in [0.15, 0.2) is 95.2 Å². The first-order chi connectivity index (χ1) is 17.2. The summed E-state index contributed by atoms with van der Waals surface area (Å²) in [5, 5.41) is 3.23. The number of hydrogen-bond donors (Lipinski definition) is 1. The van der Waals surface area contributed by atoms with E-state index in [1.807, 2.05) is 48.8 Å². The number of methoxy groups -OCH3 is 2. The monoisotopic (exact) mass is 464 g/mol. The number of hydrogen-bond acceptors (Lipinski definition) is 5. The zero-order valence-corrected chi connectivity index (χ0v) is 20.3. The van der Waals surface area contributed by atoms with E-state index in [9.17, 15) is 0 Å². The van der Waals surface area contributed by atoms with Crippen LogP contribution >= 0.6 is 0 Å². The van der Waals surface area contributed by atoms with E-state index >= 15 is 0 Å². The van der Waals surface area contributed by atoms with Crippen molar-refractivity contribution in [3.05, 3.63) is 96.3 Å². The minimum Gasteiger partial charge on any atom is -0.493 e. The third-order valence-corrected chi connectivity index (χ3v) is 5.67. The average Bonchev–Trinajstić information content (AvgIpc) is 2.93. The van der Waals surface area contributed by atoms with Crippen molar-refractivity contribution in [1.82, 2.24) is 4.98 Å². The Morgan fingerprint density at radius 3 is 2.14 bits per heavy atom. The van der Waals surface area contributed by atoms with Gasteiger partial charge in [0.1, 0.15) is 0 Å². The summed E-state index contributed by atoms with van der Waals surface area (Å²) in [5.41, 5.74) is 7.76. The Morgan fingerprint density at radius 2 is 1.46 bits per heavy atom. The van der Waals surface area contributed by atoms with Gasteiger partial charge in [-0.25, -0.2) is 0 Å². The summed E-state index contributed by atoms with van der Waals surface area (Å²) in [6.07, 6.45) is 5.41. The normalized spacial score (nSPS) is 11.5. The fraction of sp³-hybridized carbons (Fsp3) is 0.138. The summed E-state index contributed by atoms with van der Waals surface area (Å²) >= 11 is 0. The number of aliphatic imine (C=N–C) groups is 2. The van der Waals surface area contributed by atoms with Gasteiger partial charge in [-0.05, 0) is 29.3 Å². The van der Waals surface area contributed by atoms with E-state index in [1.165, 1.54) is 0 Å². The molecule has 0 unspecified atom stereocenters. The van der Waals surface area contributed by atoms with Crippen LogP contribution in [0, 0.1) is 0 Å². The van der Waals surface area contributed by atoms with Crippen molar-refractivity contribution in [2.75, 3.05) is 33.6 Å². The number of pyridine rings is 1. The van der Waals surface area contributed by atoms with Gasteiger partial charge in [0.15, 0.2) is 11.5 Å². The number of ether oxygens (including phenoxy) is 2. The molecule has 1 heterocycles. The lowest BCUT2D eigenvalue weighted by atomic mass is 9.95. The molecule has 4 rings (SSSR count). The summed E-state index contributed by atoms with van der Waals surface area (Å²) < 4.78 is 11.1. The molecule has 0 fully saturated rings. The molecule has 0 amide bonds. The fourth-order valence-corrected chi connectivity index (χ4v) is 3.97. The molecule has 0 saturated carbocycles. The molecule has 0 aliphatic carbocycles. The number of nitrogens with one attached hydrogen (secondary N) is 1. The molecule has 4 aromatic rings. The van der Waals surface area contributed by atoms with Crippen LogP contribution in [0.3, 0.4) is 0 Å². The van der Waals surface area contributed by atoms with Crippen LogP contribution in [0.25, 0.3) is 22.3 Å². The zero-order valence-electron chi connectivity index (χ0n) is 20.3. The van der Waals surface area contributed by atoms with Gasteiger partial charge in [0.2, 0.25) is 0 Å². The standard InChI is InChI=1S/C29H28N4O2/c1-30-19-33-26-16-28(35-4)27(34-3)15-25(26)29(31-2)22-12-8-11-21(13-22)24-14-23(17-32-18-24)20-9-6-5-7-10-20/h5-19H,1-4H3,(H,30,33). The van der Waals surface area contributed by atoms with Crippen molar-refractivity contribution in [3.8, 4) is 33.8 Å². The number of anilines is 1. The minimum absolute atomic E-state index is 0.622. The second-order valence-electron chi connectivity index (χ2n) is 7.77. The Kier molecular flexibility index (Phi) is 7.53. The van der Waals surface area contributed by atoms with Crippen LogP contribution in [-0.2, 0) is 0 Å².